The maximum absolute atomic E-state index is 5.86. The summed E-state index contributed by atoms with van der Waals surface area (Å²) >= 11 is 0. The van der Waals surface area contributed by atoms with Crippen LogP contribution in [0.25, 0.3) is 0 Å². The SMILES string of the molecule is c1ccc2c(c1)CC(N1C[C@@H]3NCCO[C@H]3C1)C2. The first kappa shape index (κ1) is 11.0. The fourth-order valence-corrected chi connectivity index (χ4v) is 3.71. The molecule has 0 bridgehead atoms. The Bertz CT molecular complexity index is 409. The first-order valence-electron chi connectivity index (χ1n) is 7.06. The number of hydrogen-bond donors (Lipinski definition) is 1. The van der Waals surface area contributed by atoms with Crippen molar-refractivity contribution < 1.29 is 4.74 Å². The van der Waals surface area contributed by atoms with Gasteiger partial charge in [-0.25, -0.2) is 0 Å². The topological polar surface area (TPSA) is 24.5 Å². The number of nitrogens with one attached hydrogen (secondary N) is 1. The molecule has 18 heavy (non-hydrogen) atoms. The zero-order valence-corrected chi connectivity index (χ0v) is 10.6. The van der Waals surface area contributed by atoms with Gasteiger partial charge in [0.1, 0.15) is 0 Å². The summed E-state index contributed by atoms with van der Waals surface area (Å²) in [6.45, 7) is 4.15. The van der Waals surface area contributed by atoms with Crippen molar-refractivity contribution in [1.29, 1.82) is 0 Å². The fourth-order valence-electron chi connectivity index (χ4n) is 3.71. The van der Waals surface area contributed by atoms with E-state index in [4.69, 9.17) is 4.74 Å². The number of nitrogens with zero attached hydrogens (tertiary/aromatic N) is 1. The van der Waals surface area contributed by atoms with Gasteiger partial charge in [0.2, 0.25) is 0 Å². The van der Waals surface area contributed by atoms with E-state index in [2.05, 4.69) is 34.5 Å². The molecule has 2 heterocycles. The molecule has 4 rings (SSSR count). The maximum Gasteiger partial charge on any atom is 0.0867 e. The molecule has 3 heteroatoms. The highest BCUT2D eigenvalue weighted by Gasteiger charge is 2.39. The molecule has 2 saturated heterocycles. The molecule has 0 saturated carbocycles. The minimum atomic E-state index is 0.419. The van der Waals surface area contributed by atoms with Gasteiger partial charge in [0.05, 0.1) is 12.7 Å². The molecule has 1 aromatic rings. The number of morpholine rings is 1. The molecule has 0 radical (unpaired) electrons. The Labute approximate surface area is 108 Å². The van der Waals surface area contributed by atoms with Crippen LogP contribution in [0, 0.1) is 0 Å². The molecule has 2 fully saturated rings. The second kappa shape index (κ2) is 4.34. The summed E-state index contributed by atoms with van der Waals surface area (Å²) in [6, 6.07) is 10.1. The molecule has 0 unspecified atom stereocenters. The molecule has 1 aromatic carbocycles. The van der Waals surface area contributed by atoms with Crippen LogP contribution in [0.5, 0.6) is 0 Å². The van der Waals surface area contributed by atoms with Crippen LogP contribution in [-0.4, -0.2) is 49.3 Å². The van der Waals surface area contributed by atoms with E-state index >= 15 is 0 Å². The van der Waals surface area contributed by atoms with E-state index < -0.39 is 0 Å². The van der Waals surface area contributed by atoms with Crippen LogP contribution in [0.3, 0.4) is 0 Å². The highest BCUT2D eigenvalue weighted by atomic mass is 16.5. The number of fused-ring (bicyclic) bond motifs is 2. The van der Waals surface area contributed by atoms with Crippen molar-refractivity contribution in [2.24, 2.45) is 0 Å². The lowest BCUT2D eigenvalue weighted by atomic mass is 10.1. The summed E-state index contributed by atoms with van der Waals surface area (Å²) < 4.78 is 5.86. The molecule has 0 spiro atoms. The van der Waals surface area contributed by atoms with Gasteiger partial charge in [-0.2, -0.15) is 0 Å². The molecule has 1 N–H and O–H groups in total. The number of ether oxygens (including phenoxy) is 1. The van der Waals surface area contributed by atoms with Crippen LogP contribution in [-0.2, 0) is 17.6 Å². The van der Waals surface area contributed by atoms with E-state index in [-0.39, 0.29) is 0 Å². The highest BCUT2D eigenvalue weighted by molar-refractivity contribution is 5.33. The van der Waals surface area contributed by atoms with E-state index in [1.165, 1.54) is 12.8 Å². The quantitative estimate of drug-likeness (QED) is 0.792. The van der Waals surface area contributed by atoms with Gasteiger partial charge < -0.3 is 10.1 Å². The van der Waals surface area contributed by atoms with E-state index in [1.807, 2.05) is 0 Å². The molecule has 3 aliphatic rings. The smallest absolute Gasteiger partial charge is 0.0867 e. The number of benzene rings is 1. The van der Waals surface area contributed by atoms with Gasteiger partial charge >= 0.3 is 0 Å². The minimum Gasteiger partial charge on any atom is -0.374 e. The van der Waals surface area contributed by atoms with Crippen molar-refractivity contribution in [3.05, 3.63) is 35.4 Å². The first-order chi connectivity index (χ1) is 8.90. The summed E-state index contributed by atoms with van der Waals surface area (Å²) in [5.41, 5.74) is 3.09. The summed E-state index contributed by atoms with van der Waals surface area (Å²) in [6.07, 6.45) is 2.85. The Morgan fingerprint density at radius 3 is 2.61 bits per heavy atom. The first-order valence-corrected chi connectivity index (χ1v) is 7.06. The van der Waals surface area contributed by atoms with Crippen LogP contribution < -0.4 is 5.32 Å². The average Bonchev–Trinajstić information content (AvgIpc) is 3.02. The van der Waals surface area contributed by atoms with Crippen LogP contribution in [0.4, 0.5) is 0 Å². The van der Waals surface area contributed by atoms with Gasteiger partial charge in [-0.1, -0.05) is 24.3 Å². The van der Waals surface area contributed by atoms with Gasteiger partial charge in [0, 0.05) is 31.7 Å². The highest BCUT2D eigenvalue weighted by Crippen LogP contribution is 2.28. The van der Waals surface area contributed by atoms with Gasteiger partial charge in [-0.3, -0.25) is 4.90 Å². The third-order valence-corrected chi connectivity index (χ3v) is 4.68. The van der Waals surface area contributed by atoms with Gasteiger partial charge in [0.15, 0.2) is 0 Å². The predicted molar refractivity (Wildman–Crippen MR) is 70.7 cm³/mol. The van der Waals surface area contributed by atoms with Crippen molar-refractivity contribution in [2.75, 3.05) is 26.2 Å². The van der Waals surface area contributed by atoms with E-state index in [9.17, 15) is 0 Å². The van der Waals surface area contributed by atoms with Gasteiger partial charge in [-0.05, 0) is 24.0 Å². The number of hydrogen-bond acceptors (Lipinski definition) is 3. The van der Waals surface area contributed by atoms with E-state index in [0.29, 0.717) is 18.2 Å². The maximum atomic E-state index is 5.86. The van der Waals surface area contributed by atoms with Crippen molar-refractivity contribution in [1.82, 2.24) is 10.2 Å². The van der Waals surface area contributed by atoms with Crippen molar-refractivity contribution in [3.8, 4) is 0 Å². The van der Waals surface area contributed by atoms with E-state index in [0.717, 1.165) is 26.2 Å². The van der Waals surface area contributed by atoms with Crippen LogP contribution >= 0.6 is 0 Å². The zero-order valence-electron chi connectivity index (χ0n) is 10.6. The van der Waals surface area contributed by atoms with Crippen molar-refractivity contribution >= 4 is 0 Å². The summed E-state index contributed by atoms with van der Waals surface area (Å²) in [5, 5.41) is 3.59. The summed E-state index contributed by atoms with van der Waals surface area (Å²) in [4.78, 5) is 2.63. The van der Waals surface area contributed by atoms with Crippen LogP contribution in [0.15, 0.2) is 24.3 Å². The molecular formula is C15H20N2O. The Hall–Kier alpha value is -0.900. The van der Waals surface area contributed by atoms with Crippen LogP contribution in [0.2, 0.25) is 0 Å². The van der Waals surface area contributed by atoms with Gasteiger partial charge in [-0.15, -0.1) is 0 Å². The third kappa shape index (κ3) is 1.78. The lowest BCUT2D eigenvalue weighted by Gasteiger charge is -2.25. The average molecular weight is 244 g/mol. The molecule has 96 valence electrons. The largest absolute Gasteiger partial charge is 0.374 e. The minimum absolute atomic E-state index is 0.419. The molecule has 2 atom stereocenters. The predicted octanol–water partition coefficient (Wildman–Crippen LogP) is 0.826. The van der Waals surface area contributed by atoms with E-state index in [1.54, 1.807) is 11.1 Å². The number of likely N-dealkylation sites (tertiary alicyclic amines) is 1. The second-order valence-corrected chi connectivity index (χ2v) is 5.75. The van der Waals surface area contributed by atoms with Crippen LogP contribution in [0.1, 0.15) is 11.1 Å². The zero-order chi connectivity index (χ0) is 11.9. The summed E-state index contributed by atoms with van der Waals surface area (Å²) in [5.74, 6) is 0. The molecule has 0 aromatic heterocycles. The standard InChI is InChI=1S/C15H20N2O/c1-2-4-12-8-13(7-11(12)3-1)17-9-14-15(10-17)18-6-5-16-14/h1-4,13-16H,5-10H2/t14-,15-/m0/s1. The Kier molecular flexibility index (Phi) is 2.64. The monoisotopic (exact) mass is 244 g/mol. The number of rotatable bonds is 1. The Morgan fingerprint density at radius 1 is 1.11 bits per heavy atom. The molecule has 0 amide bonds. The third-order valence-electron chi connectivity index (χ3n) is 4.68. The molecule has 2 aliphatic heterocycles. The van der Waals surface area contributed by atoms with Crippen molar-refractivity contribution in [3.63, 3.8) is 0 Å². The normalized spacial score (nSPS) is 32.4. The Balaban J connectivity index is 1.47. The van der Waals surface area contributed by atoms with Crippen molar-refractivity contribution in [2.45, 2.75) is 31.0 Å². The van der Waals surface area contributed by atoms with Gasteiger partial charge in [0.25, 0.3) is 0 Å². The second-order valence-electron chi connectivity index (χ2n) is 5.75. The molecule has 3 nitrogen and oxygen atoms in total. The lowest BCUT2D eigenvalue weighted by Crippen LogP contribution is -2.47. The molecule has 1 aliphatic carbocycles. The lowest BCUT2D eigenvalue weighted by molar-refractivity contribution is 0.0165. The Morgan fingerprint density at radius 2 is 1.89 bits per heavy atom. The fraction of sp³-hybridized carbons (Fsp3) is 0.600. The molecular weight excluding hydrogens is 224 g/mol. The summed E-state index contributed by atoms with van der Waals surface area (Å²) in [7, 11) is 0.